The van der Waals surface area contributed by atoms with Crippen molar-refractivity contribution < 1.29 is 171 Å². The second kappa shape index (κ2) is 58.6. The average Bonchev–Trinajstić information content (AvgIpc) is 0.779. The van der Waals surface area contributed by atoms with Crippen LogP contribution in [-0.4, -0.2) is 334 Å². The molecule has 3 aliphatic heterocycles. The van der Waals surface area contributed by atoms with E-state index in [-0.39, 0.29) is 136 Å². The van der Waals surface area contributed by atoms with Crippen LogP contribution >= 0.6 is 8.53 Å². The van der Waals surface area contributed by atoms with Gasteiger partial charge < -0.3 is 137 Å². The van der Waals surface area contributed by atoms with E-state index in [0.717, 1.165) is 62.3 Å². The number of nitrogens with zero attached hydrogens (tertiary/aromatic N) is 2. The average molecular weight is 1840 g/mol. The summed E-state index contributed by atoms with van der Waals surface area (Å²) in [5.41, 5.74) is -1.45. The number of carbonyl (C=O) groups is 16. The van der Waals surface area contributed by atoms with Crippen LogP contribution in [0.4, 0.5) is 0 Å². The fraction of sp³-hybridized carbons (Fsp3) is 0.790. The van der Waals surface area contributed by atoms with Crippen LogP contribution in [0.25, 0.3) is 0 Å². The summed E-state index contributed by atoms with van der Waals surface area (Å²) in [7, 11) is 0.131. The molecule has 127 heavy (non-hydrogen) atoms. The minimum atomic E-state index is -1.55. The van der Waals surface area contributed by atoms with Gasteiger partial charge in [-0.25, -0.2) is 4.67 Å². The number of esters is 9. The molecule has 0 aromatic rings. The maximum Gasteiger partial charge on any atom is 0.303 e. The lowest BCUT2D eigenvalue weighted by Crippen LogP contribution is -2.66. The van der Waals surface area contributed by atoms with Crippen molar-refractivity contribution >= 4 is 110 Å². The summed E-state index contributed by atoms with van der Waals surface area (Å²) in [6.45, 7) is 19.2. The van der Waals surface area contributed by atoms with Crippen LogP contribution in [0.5, 0.6) is 0 Å². The third-order valence-electron chi connectivity index (χ3n) is 19.5. The summed E-state index contributed by atoms with van der Waals surface area (Å²) in [6, 6.07) is -3.64. The van der Waals surface area contributed by atoms with E-state index in [2.05, 4.69) is 74.6 Å². The number of amides is 7. The highest BCUT2D eigenvalue weighted by atomic mass is 31.2. The van der Waals surface area contributed by atoms with E-state index in [9.17, 15) is 71.9 Å². The van der Waals surface area contributed by atoms with E-state index in [1.165, 1.54) is 20.8 Å². The van der Waals surface area contributed by atoms with Crippen molar-refractivity contribution in [2.45, 2.75) is 297 Å². The Bertz CT molecular complexity index is 3270. The Morgan fingerprint density at radius 1 is 0.409 bits per heavy atom. The van der Waals surface area contributed by atoms with E-state index >= 15 is 4.79 Å². The molecule has 4 rings (SSSR count). The second-order valence-corrected chi connectivity index (χ2v) is 32.3. The summed E-state index contributed by atoms with van der Waals surface area (Å²) in [5, 5.41) is 19.5. The zero-order chi connectivity index (χ0) is 94.5. The highest BCUT2D eigenvalue weighted by Gasteiger charge is 2.55. The maximum atomic E-state index is 15.1. The highest BCUT2D eigenvalue weighted by molar-refractivity contribution is 7.44. The van der Waals surface area contributed by atoms with Crippen LogP contribution in [0.2, 0.25) is 0 Å². The molecule has 7 N–H and O–H groups in total. The van der Waals surface area contributed by atoms with Crippen LogP contribution in [0.1, 0.15) is 181 Å². The van der Waals surface area contributed by atoms with E-state index < -0.39 is 227 Å². The Morgan fingerprint density at radius 3 is 0.992 bits per heavy atom. The lowest BCUT2D eigenvalue weighted by Gasteiger charge is -2.44. The Hall–Kier alpha value is -8.86. The van der Waals surface area contributed by atoms with E-state index in [0.29, 0.717) is 38.7 Å². The SMILES string of the molecule is CN=CCCOP(OC1CCC(C(=O)NC(CCC(=O)NCCOCCOC2OC(COC(C)=O)C(OC(C)=O)C(OC(C)=O)C2NC(C)=O)(CCC(=O)NCCOCCOC2OC(COC(C)=O)C(OC(C)=O)C(OC(C)=O)C2NC(C)=O)CCC(=O)NCCOCCOC2OC(COC(C)=O)C(OC(C)=O)C(OC(C)=O)C2NC(C)=O)CC1)N(C(C)C)C(C)C. The second-order valence-electron chi connectivity index (χ2n) is 30.9. The van der Waals surface area contributed by atoms with Gasteiger partial charge in [-0.3, -0.25) is 76.7 Å². The first-order chi connectivity index (χ1) is 60.1. The molecule has 0 aromatic carbocycles. The molecule has 0 aromatic heterocycles. The Balaban J connectivity index is 1.60. The van der Waals surface area contributed by atoms with Gasteiger partial charge in [-0.15, -0.1) is 0 Å². The van der Waals surface area contributed by atoms with Gasteiger partial charge in [0.25, 0.3) is 8.53 Å². The van der Waals surface area contributed by atoms with Gasteiger partial charge in [0.05, 0.1) is 72.2 Å². The highest BCUT2D eigenvalue weighted by Crippen LogP contribution is 2.49. The Labute approximate surface area is 740 Å². The van der Waals surface area contributed by atoms with Crippen LogP contribution in [0.3, 0.4) is 0 Å². The molecule has 7 amide bonds. The molecule has 4 fully saturated rings. The molecule has 46 heteroatoms. The number of aliphatic imine (C=N–C) groups is 1. The van der Waals surface area contributed by atoms with Crippen LogP contribution in [-0.2, 0) is 171 Å². The first kappa shape index (κ1) is 110. The third-order valence-corrected chi connectivity index (χ3v) is 21.7. The van der Waals surface area contributed by atoms with Gasteiger partial charge in [-0.1, -0.05) is 0 Å². The molecule has 1 saturated carbocycles. The van der Waals surface area contributed by atoms with Gasteiger partial charge in [0.1, 0.15) is 56.3 Å². The molecule has 16 atom stereocenters. The minimum absolute atomic E-state index is 0.0600. The fourth-order valence-corrected chi connectivity index (χ4v) is 16.1. The van der Waals surface area contributed by atoms with Crippen molar-refractivity contribution in [3.63, 3.8) is 0 Å². The van der Waals surface area contributed by atoms with Gasteiger partial charge in [0, 0.05) is 165 Å². The normalized spacial score (nSPS) is 24.7. The summed E-state index contributed by atoms with van der Waals surface area (Å²) in [5.74, 6) is -11.3. The van der Waals surface area contributed by atoms with Gasteiger partial charge >= 0.3 is 53.7 Å². The Morgan fingerprint density at radius 2 is 0.717 bits per heavy atom. The maximum absolute atomic E-state index is 15.1. The third kappa shape index (κ3) is 42.5. The van der Waals surface area contributed by atoms with Crippen molar-refractivity contribution in [3.05, 3.63) is 0 Å². The smallest absolute Gasteiger partial charge is 0.303 e. The number of carbonyl (C=O) groups excluding carboxylic acids is 16. The predicted octanol–water partition coefficient (Wildman–Crippen LogP) is 0.627. The summed E-state index contributed by atoms with van der Waals surface area (Å²) in [6.07, 6.45) is -13.6. The molecule has 45 nitrogen and oxygen atoms in total. The molecule has 722 valence electrons. The molecule has 0 spiro atoms. The van der Waals surface area contributed by atoms with Crippen molar-refractivity contribution in [1.82, 2.24) is 41.9 Å². The lowest BCUT2D eigenvalue weighted by molar-refractivity contribution is -0.279. The van der Waals surface area contributed by atoms with Crippen molar-refractivity contribution in [2.75, 3.05) is 113 Å². The topological polar surface area (TPSA) is 558 Å². The lowest BCUT2D eigenvalue weighted by atomic mass is 9.81. The van der Waals surface area contributed by atoms with Crippen molar-refractivity contribution in [2.24, 2.45) is 10.9 Å². The van der Waals surface area contributed by atoms with Gasteiger partial charge in [0.2, 0.25) is 41.4 Å². The number of nitrogens with one attached hydrogen (secondary N) is 7. The predicted molar refractivity (Wildman–Crippen MR) is 441 cm³/mol. The summed E-state index contributed by atoms with van der Waals surface area (Å²) in [4.78, 5) is 209. The molecule has 3 saturated heterocycles. The number of hydrogen-bond donors (Lipinski definition) is 7. The standard InChI is InChI=1S/C81H132N9O36P/c1-46(2)90(47(3)4)127(116-33-18-29-82-17)126-61-21-19-60(20-22-61)77(106)89-81(26-23-65(103)83-30-34-107-37-40-110-78-68(86-48(5)91)74(120-57(14)100)71(117-54(11)97)62(123-78)43-113-51(8)94,27-24-66(104)84-31-35-108-38-41-111-79-69(87-49(6)92)75(121-58(15)101)72(118-55(12)98)63(124-79)44-114-52(9)95)28-25-67(105)85-32-36-109-39-42-112-80-70(88-50(7)93)76(122-59(16)102)73(119-56(13)99)64(125-80)45-115-53(10)96/h29,46-47,60-64,68-76,78-80H,18-28,30-45H2,1-17H3,(H,83,103)(H,84,104)(H,85,105)(H,86,91)(H,87,92)(H,88,93)(H,89,106). The van der Waals surface area contributed by atoms with Gasteiger partial charge in [-0.05, 0) is 72.6 Å². The molecular formula is C81H132N9O36P. The van der Waals surface area contributed by atoms with Gasteiger partial charge in [0.15, 0.2) is 55.5 Å². The molecule has 1 aliphatic carbocycles. The van der Waals surface area contributed by atoms with E-state index in [1.807, 2.05) is 0 Å². The molecule has 0 bridgehead atoms. The first-order valence-electron chi connectivity index (χ1n) is 42.3. The zero-order valence-electron chi connectivity index (χ0n) is 75.7. The summed E-state index contributed by atoms with van der Waals surface area (Å²) >= 11 is 0. The molecular weight excluding hydrogens is 1710 g/mol. The van der Waals surface area contributed by atoms with Crippen LogP contribution < -0.4 is 37.2 Å². The van der Waals surface area contributed by atoms with Crippen LogP contribution in [0, 0.1) is 5.92 Å². The van der Waals surface area contributed by atoms with E-state index in [4.69, 9.17) is 94.3 Å². The quantitative estimate of drug-likeness (QED) is 0.0144. The fourth-order valence-electron chi connectivity index (χ4n) is 14.3. The summed E-state index contributed by atoms with van der Waals surface area (Å²) < 4.78 is 118. The zero-order valence-corrected chi connectivity index (χ0v) is 76.6. The monoisotopic (exact) mass is 1840 g/mol. The largest absolute Gasteiger partial charge is 0.463 e. The number of rotatable bonds is 56. The minimum Gasteiger partial charge on any atom is -0.463 e. The molecule has 3 heterocycles. The molecule has 16 unspecified atom stereocenters. The van der Waals surface area contributed by atoms with E-state index in [1.54, 1.807) is 13.3 Å². The van der Waals surface area contributed by atoms with Crippen LogP contribution in [0.15, 0.2) is 4.99 Å². The van der Waals surface area contributed by atoms with Crippen molar-refractivity contribution in [1.29, 1.82) is 0 Å². The molecule has 0 radical (unpaired) electrons. The van der Waals surface area contributed by atoms with Crippen molar-refractivity contribution in [3.8, 4) is 0 Å². The molecule has 4 aliphatic rings. The van der Waals surface area contributed by atoms with Gasteiger partial charge in [-0.2, -0.15) is 0 Å². The number of ether oxygens (including phenoxy) is 18. The first-order valence-corrected chi connectivity index (χ1v) is 43.5. The number of hydrogen-bond acceptors (Lipinski definition) is 38. The Kier molecular flexibility index (Phi) is 51.0.